The van der Waals surface area contributed by atoms with Crippen LogP contribution in [0.5, 0.6) is 0 Å². The predicted molar refractivity (Wildman–Crippen MR) is 182 cm³/mol. The van der Waals surface area contributed by atoms with Crippen LogP contribution in [0.1, 0.15) is 80.4 Å². The van der Waals surface area contributed by atoms with E-state index in [2.05, 4.69) is 18.3 Å². The molecule has 7 rings (SSSR count). The molecule has 8 nitrogen and oxygen atoms in total. The van der Waals surface area contributed by atoms with Crippen LogP contribution < -0.4 is 5.32 Å². The van der Waals surface area contributed by atoms with Crippen molar-refractivity contribution in [2.45, 2.75) is 76.9 Å². The maximum Gasteiger partial charge on any atom is 0.309 e. The van der Waals surface area contributed by atoms with Crippen molar-refractivity contribution in [3.05, 3.63) is 52.9 Å². The minimum absolute atomic E-state index is 0.0377. The number of carbonyl (C=O) groups excluding carboxylic acids is 3. The number of carbonyl (C=O) groups is 3. The number of esters is 1. The number of nitrogens with zero attached hydrogens (tertiary/aromatic N) is 2. The number of fused-ring (bicyclic) bond motifs is 6. The van der Waals surface area contributed by atoms with E-state index in [0.717, 1.165) is 54.8 Å². The standard InChI is InChI=1S/C36H44FN3O5S2/c1-34-17-23-19-39-40(25-6-4-5-22(15-25)31(42)38-13-14-46-3)28(23)16-24(34)9-10-26-27-11-12-36(33(44)47-20-37,45-32(43)21-7-8-21)35(27,2)18-29(41)30(26)34/h4-6,15-16,19,21,26-27,29-30,41H,7-14,17-18,20H2,1-3H3,(H,38,42)/t26-,27-,29-,30+,34-,35-,36-/m0/s1. The first-order chi connectivity index (χ1) is 22.6. The number of ether oxygens (including phenoxy) is 1. The van der Waals surface area contributed by atoms with Crippen molar-refractivity contribution < 1.29 is 28.6 Å². The van der Waals surface area contributed by atoms with Crippen LogP contribution in [-0.2, 0) is 20.7 Å². The lowest BCUT2D eigenvalue weighted by Crippen LogP contribution is -2.62. The molecule has 0 saturated heterocycles. The summed E-state index contributed by atoms with van der Waals surface area (Å²) in [6.45, 7) is 4.88. The molecule has 5 aliphatic rings. The van der Waals surface area contributed by atoms with E-state index in [9.17, 15) is 23.9 Å². The van der Waals surface area contributed by atoms with Gasteiger partial charge in [0.25, 0.3) is 5.91 Å². The zero-order valence-corrected chi connectivity index (χ0v) is 28.9. The van der Waals surface area contributed by atoms with E-state index in [0.29, 0.717) is 43.1 Å². The maximum atomic E-state index is 13.7. The fraction of sp³-hybridized carbons (Fsp3) is 0.611. The highest BCUT2D eigenvalue weighted by Gasteiger charge is 2.71. The van der Waals surface area contributed by atoms with Gasteiger partial charge in [0, 0.05) is 23.3 Å². The molecule has 47 heavy (non-hydrogen) atoms. The Kier molecular flexibility index (Phi) is 8.65. The molecule has 4 fully saturated rings. The summed E-state index contributed by atoms with van der Waals surface area (Å²) in [5.74, 6) is 0.383. The van der Waals surface area contributed by atoms with Crippen LogP contribution in [0.2, 0.25) is 0 Å². The topological polar surface area (TPSA) is 111 Å². The number of aromatic nitrogens is 2. The molecule has 0 unspecified atom stereocenters. The first-order valence-electron chi connectivity index (χ1n) is 16.9. The molecule has 1 aromatic carbocycles. The first-order valence-corrected chi connectivity index (χ1v) is 19.2. The van der Waals surface area contributed by atoms with E-state index >= 15 is 0 Å². The van der Waals surface area contributed by atoms with Gasteiger partial charge in [0.1, 0.15) is 6.01 Å². The lowest BCUT2D eigenvalue weighted by atomic mass is 9.45. The summed E-state index contributed by atoms with van der Waals surface area (Å²) >= 11 is 2.28. The van der Waals surface area contributed by atoms with Gasteiger partial charge in [-0.15, -0.1) is 0 Å². The minimum atomic E-state index is -1.42. The summed E-state index contributed by atoms with van der Waals surface area (Å²) in [5.41, 5.74) is 2.31. The average Bonchev–Trinajstić information content (AvgIpc) is 3.76. The Hall–Kier alpha value is -2.63. The molecule has 7 atom stereocenters. The van der Waals surface area contributed by atoms with Crippen LogP contribution in [0, 0.1) is 34.5 Å². The second-order valence-electron chi connectivity index (χ2n) is 14.7. The molecule has 1 amide bonds. The van der Waals surface area contributed by atoms with Gasteiger partial charge in [0.2, 0.25) is 5.12 Å². The SMILES string of the molecule is CSCCNC(=O)c1cccc(-n2ncc3c2C=C2CC[C@@H]4[C@H]([C@@H](O)C[C@@]5(C)[C@H]4CC[C@]5(OC(=O)C4CC4)C(=O)SCF)[C@@]2(C)C3)c1. The number of rotatable bonds is 9. The highest BCUT2D eigenvalue weighted by atomic mass is 32.2. The van der Waals surface area contributed by atoms with Crippen molar-refractivity contribution >= 4 is 46.6 Å². The Morgan fingerprint density at radius 2 is 2.00 bits per heavy atom. The summed E-state index contributed by atoms with van der Waals surface area (Å²) in [6.07, 6.45) is 10.8. The third kappa shape index (κ3) is 5.30. The summed E-state index contributed by atoms with van der Waals surface area (Å²) in [7, 11) is 0. The van der Waals surface area contributed by atoms with Crippen LogP contribution in [0.15, 0.2) is 36.0 Å². The average molecular weight is 682 g/mol. The molecule has 1 aromatic heterocycles. The van der Waals surface area contributed by atoms with Crippen LogP contribution in [0.4, 0.5) is 4.39 Å². The summed E-state index contributed by atoms with van der Waals surface area (Å²) in [5, 5.41) is 19.4. The molecule has 11 heteroatoms. The smallest absolute Gasteiger partial charge is 0.309 e. The Labute approximate surface area is 284 Å². The molecule has 4 saturated carbocycles. The van der Waals surface area contributed by atoms with Gasteiger partial charge in [-0.25, -0.2) is 9.07 Å². The van der Waals surface area contributed by atoms with E-state index in [1.165, 1.54) is 5.57 Å². The van der Waals surface area contributed by atoms with Crippen LogP contribution in [-0.4, -0.2) is 68.1 Å². The van der Waals surface area contributed by atoms with E-state index in [4.69, 9.17) is 9.84 Å². The van der Waals surface area contributed by atoms with E-state index in [-0.39, 0.29) is 41.0 Å². The lowest BCUT2D eigenvalue weighted by molar-refractivity contribution is -0.197. The number of aliphatic hydroxyl groups is 1. The normalized spacial score (nSPS) is 33.9. The Morgan fingerprint density at radius 3 is 2.74 bits per heavy atom. The van der Waals surface area contributed by atoms with Crippen LogP contribution in [0.3, 0.4) is 0 Å². The Bertz CT molecular complexity index is 1620. The fourth-order valence-electron chi connectivity index (χ4n) is 9.81. The molecule has 0 aliphatic heterocycles. The summed E-state index contributed by atoms with van der Waals surface area (Å²) < 4.78 is 21.7. The van der Waals surface area contributed by atoms with Gasteiger partial charge in [-0.05, 0) is 122 Å². The molecular weight excluding hydrogens is 638 g/mol. The number of halogens is 1. The molecule has 1 heterocycles. The van der Waals surface area contributed by atoms with Crippen molar-refractivity contribution in [1.29, 1.82) is 0 Å². The van der Waals surface area contributed by atoms with Crippen molar-refractivity contribution in [1.82, 2.24) is 15.1 Å². The van der Waals surface area contributed by atoms with Crippen molar-refractivity contribution in [2.24, 2.45) is 34.5 Å². The van der Waals surface area contributed by atoms with Gasteiger partial charge in [0.15, 0.2) is 5.60 Å². The zero-order valence-electron chi connectivity index (χ0n) is 27.3. The third-order valence-electron chi connectivity index (χ3n) is 12.2. The second-order valence-corrected chi connectivity index (χ2v) is 16.5. The molecule has 2 aromatic rings. The number of allylic oxidation sites excluding steroid dienone is 1. The molecule has 5 aliphatic carbocycles. The van der Waals surface area contributed by atoms with Crippen LogP contribution >= 0.6 is 23.5 Å². The van der Waals surface area contributed by atoms with Gasteiger partial charge < -0.3 is 15.2 Å². The zero-order chi connectivity index (χ0) is 33.1. The van der Waals surface area contributed by atoms with Crippen molar-refractivity contribution in [2.75, 3.05) is 24.6 Å². The number of benzene rings is 1. The van der Waals surface area contributed by atoms with Crippen LogP contribution in [0.25, 0.3) is 11.8 Å². The second kappa shape index (κ2) is 12.4. The number of hydrogen-bond acceptors (Lipinski definition) is 8. The lowest BCUT2D eigenvalue weighted by Gasteiger charge is -2.60. The monoisotopic (exact) mass is 681 g/mol. The van der Waals surface area contributed by atoms with E-state index in [1.54, 1.807) is 11.8 Å². The number of aliphatic hydroxyl groups excluding tert-OH is 1. The quantitative estimate of drug-likeness (QED) is 0.245. The molecule has 2 N–H and O–H groups in total. The number of hydrogen-bond donors (Lipinski definition) is 2. The highest BCUT2D eigenvalue weighted by molar-refractivity contribution is 8.13. The minimum Gasteiger partial charge on any atom is -0.449 e. The summed E-state index contributed by atoms with van der Waals surface area (Å²) in [6, 6.07) is 6.67. The molecule has 0 radical (unpaired) electrons. The highest BCUT2D eigenvalue weighted by Crippen LogP contribution is 2.69. The third-order valence-corrected chi connectivity index (χ3v) is 13.5. The molecule has 0 bridgehead atoms. The molecule has 0 spiro atoms. The number of alkyl halides is 1. The maximum absolute atomic E-state index is 13.7. The number of nitrogens with one attached hydrogen (secondary N) is 1. The van der Waals surface area contributed by atoms with Crippen molar-refractivity contribution in [3.8, 4) is 5.69 Å². The Balaban J connectivity index is 1.17. The molecular formula is C36H44FN3O5S2. The number of amides is 1. The van der Waals surface area contributed by atoms with E-state index in [1.807, 2.05) is 48.3 Å². The fourth-order valence-corrected chi connectivity index (χ4v) is 10.8. The van der Waals surface area contributed by atoms with Gasteiger partial charge in [-0.2, -0.15) is 16.9 Å². The van der Waals surface area contributed by atoms with Gasteiger partial charge in [0.05, 0.1) is 29.6 Å². The first kappa shape index (κ1) is 32.9. The van der Waals surface area contributed by atoms with Gasteiger partial charge in [-0.3, -0.25) is 14.4 Å². The Morgan fingerprint density at radius 1 is 1.19 bits per heavy atom. The van der Waals surface area contributed by atoms with E-state index < -0.39 is 28.2 Å². The van der Waals surface area contributed by atoms with Gasteiger partial charge >= 0.3 is 5.97 Å². The van der Waals surface area contributed by atoms with Crippen molar-refractivity contribution in [3.63, 3.8) is 0 Å². The number of thioether (sulfide) groups is 2. The largest absolute Gasteiger partial charge is 0.449 e. The summed E-state index contributed by atoms with van der Waals surface area (Å²) in [4.78, 5) is 39.5. The van der Waals surface area contributed by atoms with Gasteiger partial charge in [-0.1, -0.05) is 25.5 Å². The molecule has 252 valence electrons. The predicted octanol–water partition coefficient (Wildman–Crippen LogP) is 6.00.